The quantitative estimate of drug-likeness (QED) is 0.516. The molecule has 7 nitrogen and oxygen atoms in total. The summed E-state index contributed by atoms with van der Waals surface area (Å²) in [7, 11) is 0. The van der Waals surface area contributed by atoms with Crippen LogP contribution in [0.1, 0.15) is 28.2 Å². The van der Waals surface area contributed by atoms with Gasteiger partial charge in [-0.15, -0.1) is 5.10 Å². The maximum Gasteiger partial charge on any atom is 0.253 e. The van der Waals surface area contributed by atoms with E-state index in [0.717, 1.165) is 17.8 Å². The Morgan fingerprint density at radius 3 is 2.81 bits per heavy atom. The molecule has 0 saturated heterocycles. The molecule has 0 fully saturated rings. The van der Waals surface area contributed by atoms with Gasteiger partial charge in [0.25, 0.3) is 5.78 Å². The van der Waals surface area contributed by atoms with Crippen LogP contribution in [0, 0.1) is 13.8 Å². The molecule has 0 radical (unpaired) electrons. The molecular weight excluding hydrogens is 352 g/mol. The van der Waals surface area contributed by atoms with Crippen molar-refractivity contribution in [2.45, 2.75) is 25.4 Å². The van der Waals surface area contributed by atoms with Crippen molar-refractivity contribution in [1.82, 2.24) is 19.6 Å². The smallest absolute Gasteiger partial charge is 0.253 e. The summed E-state index contributed by atoms with van der Waals surface area (Å²) in [4.78, 5) is 21.3. The molecule has 0 bridgehead atoms. The van der Waals surface area contributed by atoms with Gasteiger partial charge in [-0.3, -0.25) is 4.79 Å². The molecule has 8 heteroatoms. The van der Waals surface area contributed by atoms with E-state index in [2.05, 4.69) is 15.1 Å². The number of ether oxygens (including phenoxy) is 2. The van der Waals surface area contributed by atoms with Crippen LogP contribution in [0.5, 0.6) is 11.5 Å². The average molecular weight is 370 g/mol. The maximum absolute atomic E-state index is 12.5. The Morgan fingerprint density at radius 2 is 1.96 bits per heavy atom. The second-order valence-corrected chi connectivity index (χ2v) is 7.01. The van der Waals surface area contributed by atoms with Crippen molar-refractivity contribution >= 4 is 23.3 Å². The van der Waals surface area contributed by atoms with Crippen LogP contribution in [-0.2, 0) is 0 Å². The van der Waals surface area contributed by atoms with E-state index in [-0.39, 0.29) is 11.5 Å². The van der Waals surface area contributed by atoms with E-state index < -0.39 is 0 Å². The summed E-state index contributed by atoms with van der Waals surface area (Å²) in [5.74, 6) is 2.10. The fraction of sp³-hybridized carbons (Fsp3) is 0.333. The minimum Gasteiger partial charge on any atom is -0.490 e. The van der Waals surface area contributed by atoms with Crippen LogP contribution >= 0.6 is 11.8 Å². The number of carbonyl (C=O) groups excluding carboxylic acids is 1. The van der Waals surface area contributed by atoms with Crippen LogP contribution in [0.3, 0.4) is 0 Å². The fourth-order valence-electron chi connectivity index (χ4n) is 2.76. The standard InChI is InChI=1S/C18H18N4O3S/c1-11-8-12(2)22-17(19-11)20-18(21-22)26-10-14(23)13-4-5-15-16(9-13)25-7-3-6-24-15/h4-5,8-9H,3,6-7,10H2,1-2H3. The maximum atomic E-state index is 12.5. The molecule has 0 aliphatic carbocycles. The van der Waals surface area contributed by atoms with Crippen LogP contribution in [-0.4, -0.2) is 44.3 Å². The highest BCUT2D eigenvalue weighted by molar-refractivity contribution is 7.99. The van der Waals surface area contributed by atoms with Crippen molar-refractivity contribution < 1.29 is 14.3 Å². The van der Waals surface area contributed by atoms with E-state index in [0.29, 0.717) is 41.2 Å². The van der Waals surface area contributed by atoms with Crippen LogP contribution in [0.15, 0.2) is 29.4 Å². The van der Waals surface area contributed by atoms with Gasteiger partial charge >= 0.3 is 0 Å². The number of benzene rings is 1. The number of carbonyl (C=O) groups is 1. The zero-order chi connectivity index (χ0) is 18.1. The van der Waals surface area contributed by atoms with Crippen molar-refractivity contribution in [3.8, 4) is 11.5 Å². The van der Waals surface area contributed by atoms with E-state index in [1.807, 2.05) is 19.9 Å². The fourth-order valence-corrected chi connectivity index (χ4v) is 3.47. The average Bonchev–Trinajstić information content (AvgIpc) is 2.88. The highest BCUT2D eigenvalue weighted by atomic mass is 32.2. The molecule has 1 aromatic carbocycles. The Kier molecular flexibility index (Phi) is 4.50. The number of hydrogen-bond acceptors (Lipinski definition) is 7. The SMILES string of the molecule is Cc1cc(C)n2nc(SCC(=O)c3ccc4c(c3)OCCCO4)nc2n1. The van der Waals surface area contributed by atoms with Crippen molar-refractivity contribution in [2.24, 2.45) is 0 Å². The van der Waals surface area contributed by atoms with Gasteiger partial charge in [0.2, 0.25) is 5.16 Å². The molecule has 1 aliphatic heterocycles. The van der Waals surface area contributed by atoms with Crippen molar-refractivity contribution in [1.29, 1.82) is 0 Å². The number of nitrogens with zero attached hydrogens (tertiary/aromatic N) is 4. The molecule has 0 saturated carbocycles. The van der Waals surface area contributed by atoms with Gasteiger partial charge in [-0.25, -0.2) is 9.50 Å². The lowest BCUT2D eigenvalue weighted by atomic mass is 10.1. The Morgan fingerprint density at radius 1 is 1.15 bits per heavy atom. The lowest BCUT2D eigenvalue weighted by Gasteiger charge is -2.08. The van der Waals surface area contributed by atoms with E-state index in [1.165, 1.54) is 11.8 Å². The molecule has 2 aromatic heterocycles. The number of rotatable bonds is 4. The van der Waals surface area contributed by atoms with Crippen molar-refractivity contribution in [2.75, 3.05) is 19.0 Å². The topological polar surface area (TPSA) is 78.6 Å². The first-order valence-corrected chi connectivity index (χ1v) is 9.35. The predicted molar refractivity (Wildman–Crippen MR) is 97.4 cm³/mol. The van der Waals surface area contributed by atoms with E-state index in [4.69, 9.17) is 9.47 Å². The second-order valence-electron chi connectivity index (χ2n) is 6.07. The van der Waals surface area contributed by atoms with Gasteiger partial charge in [0, 0.05) is 23.4 Å². The number of aromatic nitrogens is 4. The number of Topliss-reactive ketones (excluding diaryl/α,β-unsaturated/α-hetero) is 1. The molecule has 4 rings (SSSR count). The van der Waals surface area contributed by atoms with Gasteiger partial charge in [-0.05, 0) is 38.1 Å². The zero-order valence-corrected chi connectivity index (χ0v) is 15.4. The molecule has 0 atom stereocenters. The number of thioether (sulfide) groups is 1. The van der Waals surface area contributed by atoms with Gasteiger partial charge in [0.05, 0.1) is 19.0 Å². The summed E-state index contributed by atoms with van der Waals surface area (Å²) in [6.07, 6.45) is 0.834. The van der Waals surface area contributed by atoms with Gasteiger partial charge in [-0.1, -0.05) is 11.8 Å². The molecule has 26 heavy (non-hydrogen) atoms. The predicted octanol–water partition coefficient (Wildman–Crippen LogP) is 2.88. The molecule has 0 amide bonds. The number of fused-ring (bicyclic) bond motifs is 2. The summed E-state index contributed by atoms with van der Waals surface area (Å²) in [5, 5.41) is 4.95. The first-order chi connectivity index (χ1) is 12.6. The lowest BCUT2D eigenvalue weighted by molar-refractivity contribution is 0.102. The van der Waals surface area contributed by atoms with Gasteiger partial charge < -0.3 is 9.47 Å². The molecule has 134 valence electrons. The van der Waals surface area contributed by atoms with Crippen LogP contribution < -0.4 is 9.47 Å². The van der Waals surface area contributed by atoms with Crippen LogP contribution in [0.25, 0.3) is 5.78 Å². The van der Waals surface area contributed by atoms with Crippen LogP contribution in [0.4, 0.5) is 0 Å². The Hall–Kier alpha value is -2.61. The summed E-state index contributed by atoms with van der Waals surface area (Å²) in [5.41, 5.74) is 2.44. The Labute approximate surface area is 154 Å². The third kappa shape index (κ3) is 3.37. The third-order valence-electron chi connectivity index (χ3n) is 4.00. The molecule has 3 aromatic rings. The molecule has 1 aliphatic rings. The number of aryl methyl sites for hydroxylation is 2. The molecular formula is C18H18N4O3S. The Bertz CT molecular complexity index is 986. The summed E-state index contributed by atoms with van der Waals surface area (Å²) >= 11 is 1.30. The molecule has 0 spiro atoms. The molecule has 3 heterocycles. The number of hydrogen-bond donors (Lipinski definition) is 0. The highest BCUT2D eigenvalue weighted by Gasteiger charge is 2.16. The first kappa shape index (κ1) is 16.8. The zero-order valence-electron chi connectivity index (χ0n) is 14.6. The van der Waals surface area contributed by atoms with Gasteiger partial charge in [-0.2, -0.15) is 4.98 Å². The second kappa shape index (κ2) is 6.95. The summed E-state index contributed by atoms with van der Waals surface area (Å²) < 4.78 is 12.9. The van der Waals surface area contributed by atoms with Gasteiger partial charge in [0.15, 0.2) is 17.3 Å². The van der Waals surface area contributed by atoms with Crippen LogP contribution in [0.2, 0.25) is 0 Å². The number of ketones is 1. The summed E-state index contributed by atoms with van der Waals surface area (Å²) in [6, 6.07) is 7.25. The first-order valence-electron chi connectivity index (χ1n) is 8.37. The minimum atomic E-state index is -0.00892. The third-order valence-corrected chi connectivity index (χ3v) is 4.84. The minimum absolute atomic E-state index is 0.00892. The van der Waals surface area contributed by atoms with E-state index >= 15 is 0 Å². The van der Waals surface area contributed by atoms with E-state index in [1.54, 1.807) is 22.7 Å². The highest BCUT2D eigenvalue weighted by Crippen LogP contribution is 2.31. The van der Waals surface area contributed by atoms with Gasteiger partial charge in [0.1, 0.15) is 0 Å². The largest absolute Gasteiger partial charge is 0.490 e. The normalized spacial score (nSPS) is 13.6. The van der Waals surface area contributed by atoms with Crippen molar-refractivity contribution in [3.63, 3.8) is 0 Å². The summed E-state index contributed by atoms with van der Waals surface area (Å²) in [6.45, 7) is 5.09. The monoisotopic (exact) mass is 370 g/mol. The van der Waals surface area contributed by atoms with E-state index in [9.17, 15) is 4.79 Å². The lowest BCUT2D eigenvalue weighted by Crippen LogP contribution is -2.04. The molecule has 0 unspecified atom stereocenters. The Balaban J connectivity index is 1.49. The van der Waals surface area contributed by atoms with Crippen molar-refractivity contribution in [3.05, 3.63) is 41.2 Å². The molecule has 0 N–H and O–H groups in total.